The number of hydrogen-bond acceptors (Lipinski definition) is 7. The zero-order chi connectivity index (χ0) is 18.9. The molecule has 1 aromatic heterocycles. The van der Waals surface area contributed by atoms with Crippen molar-refractivity contribution >= 4 is 11.5 Å². The molecular formula is C20H25N5O2. The Kier molecular flexibility index (Phi) is 6.83. The largest absolute Gasteiger partial charge is 0.438 e. The van der Waals surface area contributed by atoms with E-state index in [4.69, 9.17) is 9.47 Å². The second-order valence-corrected chi connectivity index (χ2v) is 6.34. The van der Waals surface area contributed by atoms with E-state index in [9.17, 15) is 5.26 Å². The topological polar surface area (TPSA) is 92.1 Å². The first kappa shape index (κ1) is 18.9. The Bertz CT molecular complexity index is 792. The van der Waals surface area contributed by atoms with Gasteiger partial charge in [-0.2, -0.15) is 5.26 Å². The van der Waals surface area contributed by atoms with Crippen LogP contribution in [-0.4, -0.2) is 29.7 Å². The molecule has 1 aromatic rings. The van der Waals surface area contributed by atoms with Crippen LogP contribution in [0.3, 0.4) is 0 Å². The van der Waals surface area contributed by atoms with Crippen LogP contribution in [0.15, 0.2) is 41.8 Å². The second-order valence-electron chi connectivity index (χ2n) is 6.34. The summed E-state index contributed by atoms with van der Waals surface area (Å²) in [6.07, 6.45) is 10.6. The molecule has 0 spiro atoms. The van der Waals surface area contributed by atoms with Crippen molar-refractivity contribution in [3.63, 3.8) is 0 Å². The van der Waals surface area contributed by atoms with Crippen LogP contribution < -0.4 is 10.6 Å². The summed E-state index contributed by atoms with van der Waals surface area (Å²) in [5, 5.41) is 16.0. The summed E-state index contributed by atoms with van der Waals surface area (Å²) in [4.78, 5) is 8.68. The van der Waals surface area contributed by atoms with Crippen molar-refractivity contribution in [3.8, 4) is 6.07 Å². The predicted molar refractivity (Wildman–Crippen MR) is 103 cm³/mol. The molecule has 2 aliphatic rings. The van der Waals surface area contributed by atoms with Gasteiger partial charge >= 0.3 is 0 Å². The van der Waals surface area contributed by atoms with E-state index in [1.54, 1.807) is 12.3 Å². The van der Waals surface area contributed by atoms with E-state index in [2.05, 4.69) is 39.7 Å². The molecule has 0 unspecified atom stereocenters. The number of ether oxygens (including phenoxy) is 2. The number of nitrogens with zero attached hydrogens (tertiary/aromatic N) is 3. The highest BCUT2D eigenvalue weighted by molar-refractivity contribution is 5.77. The first-order valence-electron chi connectivity index (χ1n) is 9.45. The van der Waals surface area contributed by atoms with E-state index in [0.29, 0.717) is 36.3 Å². The highest BCUT2D eigenvalue weighted by atomic mass is 16.5. The zero-order valence-electron chi connectivity index (χ0n) is 15.6. The molecule has 1 aliphatic heterocycles. The molecule has 0 bridgehead atoms. The Morgan fingerprint density at radius 1 is 1.41 bits per heavy atom. The first-order chi connectivity index (χ1) is 13.3. The van der Waals surface area contributed by atoms with Crippen molar-refractivity contribution in [2.45, 2.75) is 39.0 Å². The van der Waals surface area contributed by atoms with Crippen molar-refractivity contribution in [2.75, 3.05) is 25.1 Å². The van der Waals surface area contributed by atoms with Gasteiger partial charge in [0.2, 0.25) is 11.8 Å². The number of allylic oxidation sites excluding steroid dienone is 4. The molecule has 0 radical (unpaired) electrons. The van der Waals surface area contributed by atoms with Gasteiger partial charge in [0.15, 0.2) is 0 Å². The maximum Gasteiger partial charge on any atom is 0.223 e. The standard InChI is InChI=1S/C20H25N5O2/c1-2-3-12-26-13-6-10-22-20-23-11-9-16(25-20)15(14-21)19-24-17-7-4-5-8-18(17)27-19/h5,8-9,11,24H,2-4,6-7,10,12-13H2,1H3,(H,22,23,25)/b19-15-. The Morgan fingerprint density at radius 2 is 2.30 bits per heavy atom. The lowest BCUT2D eigenvalue weighted by Crippen LogP contribution is -2.11. The predicted octanol–water partition coefficient (Wildman–Crippen LogP) is 3.47. The van der Waals surface area contributed by atoms with Gasteiger partial charge in [-0.25, -0.2) is 9.97 Å². The van der Waals surface area contributed by atoms with E-state index in [1.165, 1.54) is 0 Å². The molecule has 27 heavy (non-hydrogen) atoms. The summed E-state index contributed by atoms with van der Waals surface area (Å²) in [6, 6.07) is 3.91. The van der Waals surface area contributed by atoms with Crippen molar-refractivity contribution in [1.82, 2.24) is 15.3 Å². The van der Waals surface area contributed by atoms with Crippen molar-refractivity contribution < 1.29 is 9.47 Å². The van der Waals surface area contributed by atoms with Gasteiger partial charge in [-0.15, -0.1) is 0 Å². The molecule has 2 N–H and O–H groups in total. The average Bonchev–Trinajstić information content (AvgIpc) is 3.12. The molecule has 1 aliphatic carbocycles. The monoisotopic (exact) mass is 367 g/mol. The first-order valence-corrected chi connectivity index (χ1v) is 9.45. The van der Waals surface area contributed by atoms with Crippen LogP contribution in [0.1, 0.15) is 44.7 Å². The summed E-state index contributed by atoms with van der Waals surface area (Å²) in [5.74, 6) is 1.70. The third-order valence-electron chi connectivity index (χ3n) is 4.25. The van der Waals surface area contributed by atoms with Crippen LogP contribution in [0.5, 0.6) is 0 Å². The Labute approximate surface area is 159 Å². The SMILES string of the molecule is CCCCOCCCNc1nccc(/C(C#N)=C2/NC3=C(C=CCC3)O2)n1. The third-order valence-corrected chi connectivity index (χ3v) is 4.25. The lowest BCUT2D eigenvalue weighted by Gasteiger charge is -2.08. The molecule has 0 aromatic carbocycles. The zero-order valence-corrected chi connectivity index (χ0v) is 15.6. The molecule has 0 atom stereocenters. The molecule has 142 valence electrons. The third kappa shape index (κ3) is 5.08. The molecule has 7 nitrogen and oxygen atoms in total. The minimum Gasteiger partial charge on any atom is -0.438 e. The lowest BCUT2D eigenvalue weighted by molar-refractivity contribution is 0.131. The molecule has 2 heterocycles. The van der Waals surface area contributed by atoms with Gasteiger partial charge in [-0.05, 0) is 37.8 Å². The average molecular weight is 367 g/mol. The Balaban J connectivity index is 1.58. The van der Waals surface area contributed by atoms with E-state index in [1.807, 2.05) is 6.08 Å². The summed E-state index contributed by atoms with van der Waals surface area (Å²) in [5.41, 5.74) is 1.90. The maximum atomic E-state index is 9.62. The van der Waals surface area contributed by atoms with Crippen molar-refractivity contribution in [2.24, 2.45) is 0 Å². The molecule has 7 heteroatoms. The lowest BCUT2D eigenvalue weighted by atomic mass is 10.1. The number of rotatable bonds is 9. The number of anilines is 1. The highest BCUT2D eigenvalue weighted by Gasteiger charge is 2.24. The Morgan fingerprint density at radius 3 is 3.11 bits per heavy atom. The number of nitriles is 1. The van der Waals surface area contributed by atoms with E-state index in [-0.39, 0.29) is 0 Å². The van der Waals surface area contributed by atoms with Gasteiger partial charge in [0.25, 0.3) is 0 Å². The van der Waals surface area contributed by atoms with Crippen LogP contribution in [-0.2, 0) is 9.47 Å². The van der Waals surface area contributed by atoms with E-state index >= 15 is 0 Å². The number of aromatic nitrogens is 2. The summed E-state index contributed by atoms with van der Waals surface area (Å²) in [7, 11) is 0. The fourth-order valence-electron chi connectivity index (χ4n) is 2.78. The molecule has 0 fully saturated rings. The fraction of sp³-hybridized carbons (Fsp3) is 0.450. The van der Waals surface area contributed by atoms with Crippen LogP contribution in [0, 0.1) is 11.3 Å². The second kappa shape index (κ2) is 9.74. The minimum atomic E-state index is 0.367. The molecular weight excluding hydrogens is 342 g/mol. The van der Waals surface area contributed by atoms with Gasteiger partial charge in [0, 0.05) is 26.0 Å². The number of nitrogens with one attached hydrogen (secondary N) is 2. The fourth-order valence-corrected chi connectivity index (χ4v) is 2.78. The minimum absolute atomic E-state index is 0.367. The van der Waals surface area contributed by atoms with Crippen LogP contribution >= 0.6 is 0 Å². The summed E-state index contributed by atoms with van der Waals surface area (Å²) < 4.78 is 11.3. The summed E-state index contributed by atoms with van der Waals surface area (Å²) in [6.45, 7) is 4.38. The van der Waals surface area contributed by atoms with Crippen LogP contribution in [0.2, 0.25) is 0 Å². The van der Waals surface area contributed by atoms with Crippen LogP contribution in [0.4, 0.5) is 5.95 Å². The van der Waals surface area contributed by atoms with Crippen molar-refractivity contribution in [3.05, 3.63) is 47.4 Å². The van der Waals surface area contributed by atoms with Gasteiger partial charge in [0.1, 0.15) is 17.4 Å². The summed E-state index contributed by atoms with van der Waals surface area (Å²) >= 11 is 0. The number of hydrogen-bond donors (Lipinski definition) is 2. The maximum absolute atomic E-state index is 9.62. The van der Waals surface area contributed by atoms with Crippen molar-refractivity contribution in [1.29, 1.82) is 5.26 Å². The highest BCUT2D eigenvalue weighted by Crippen LogP contribution is 2.30. The normalized spacial score (nSPS) is 17.0. The van der Waals surface area contributed by atoms with Gasteiger partial charge in [-0.3, -0.25) is 0 Å². The van der Waals surface area contributed by atoms with Gasteiger partial charge < -0.3 is 20.1 Å². The molecule has 3 rings (SSSR count). The molecule has 0 saturated heterocycles. The quantitative estimate of drug-likeness (QED) is 0.510. The van der Waals surface area contributed by atoms with Gasteiger partial charge in [-0.1, -0.05) is 19.4 Å². The molecule has 0 amide bonds. The van der Waals surface area contributed by atoms with E-state index in [0.717, 1.165) is 50.2 Å². The smallest absolute Gasteiger partial charge is 0.223 e. The molecule has 0 saturated carbocycles. The number of unbranched alkanes of at least 4 members (excludes halogenated alkanes) is 1. The van der Waals surface area contributed by atoms with Gasteiger partial charge in [0.05, 0.1) is 11.4 Å². The van der Waals surface area contributed by atoms with E-state index < -0.39 is 0 Å². The Hall–Kier alpha value is -2.85. The van der Waals surface area contributed by atoms with Crippen LogP contribution in [0.25, 0.3) is 5.57 Å².